The van der Waals surface area contributed by atoms with Crippen molar-refractivity contribution in [2.24, 2.45) is 11.8 Å². The van der Waals surface area contributed by atoms with Crippen LogP contribution in [-0.4, -0.2) is 47.2 Å². The van der Waals surface area contributed by atoms with Crippen molar-refractivity contribution >= 4 is 5.97 Å². The van der Waals surface area contributed by atoms with Gasteiger partial charge in [-0.25, -0.2) is 0 Å². The molecule has 0 amide bonds. The predicted octanol–water partition coefficient (Wildman–Crippen LogP) is 2.09. The van der Waals surface area contributed by atoms with E-state index < -0.39 is 11.5 Å². The zero-order valence-corrected chi connectivity index (χ0v) is 12.6. The van der Waals surface area contributed by atoms with Gasteiger partial charge in [0.05, 0.1) is 0 Å². The second kappa shape index (κ2) is 5.64. The number of nitrogens with zero attached hydrogens (tertiary/aromatic N) is 1. The highest BCUT2D eigenvalue weighted by Gasteiger charge is 2.47. The number of nitrogens with one attached hydrogen (secondary N) is 1. The Bertz CT molecular complexity index is 351. The van der Waals surface area contributed by atoms with E-state index in [9.17, 15) is 9.90 Å². The number of hydrogen-bond acceptors (Lipinski definition) is 3. The second-order valence-electron chi connectivity index (χ2n) is 7.15. The van der Waals surface area contributed by atoms with Crippen LogP contribution in [-0.2, 0) is 4.79 Å². The summed E-state index contributed by atoms with van der Waals surface area (Å²) in [6.45, 7) is 5.17. The van der Waals surface area contributed by atoms with Gasteiger partial charge < -0.3 is 10.4 Å². The normalized spacial score (nSPS) is 33.8. The van der Waals surface area contributed by atoms with Crippen LogP contribution in [0, 0.1) is 11.8 Å². The Hall–Kier alpha value is -0.610. The molecule has 20 heavy (non-hydrogen) atoms. The SMILES string of the molecule is CCNC1(C(=O)O)CCC(N(CC2CC2)CC2CC2)C1. The Kier molecular flexibility index (Phi) is 4.04. The molecule has 0 saturated heterocycles. The van der Waals surface area contributed by atoms with E-state index in [0.29, 0.717) is 6.04 Å². The summed E-state index contributed by atoms with van der Waals surface area (Å²) in [7, 11) is 0. The Labute approximate surface area is 121 Å². The van der Waals surface area contributed by atoms with Crippen molar-refractivity contribution in [3.63, 3.8) is 0 Å². The molecule has 0 radical (unpaired) electrons. The molecule has 0 spiro atoms. The summed E-state index contributed by atoms with van der Waals surface area (Å²) in [6, 6.07) is 0.478. The minimum atomic E-state index is -0.662. The minimum absolute atomic E-state index is 0.478. The van der Waals surface area contributed by atoms with Crippen LogP contribution in [0.15, 0.2) is 0 Å². The molecule has 3 aliphatic rings. The molecule has 4 nitrogen and oxygen atoms in total. The first-order valence-electron chi connectivity index (χ1n) is 8.35. The quantitative estimate of drug-likeness (QED) is 0.715. The minimum Gasteiger partial charge on any atom is -0.480 e. The van der Waals surface area contributed by atoms with Crippen LogP contribution >= 0.6 is 0 Å². The number of likely N-dealkylation sites (N-methyl/N-ethyl adjacent to an activating group) is 1. The van der Waals surface area contributed by atoms with Crippen molar-refractivity contribution in [1.82, 2.24) is 10.2 Å². The molecule has 2 N–H and O–H groups in total. The maximum absolute atomic E-state index is 11.7. The van der Waals surface area contributed by atoms with E-state index in [0.717, 1.165) is 37.6 Å². The molecular weight excluding hydrogens is 252 g/mol. The fraction of sp³-hybridized carbons (Fsp3) is 0.938. The average molecular weight is 280 g/mol. The van der Waals surface area contributed by atoms with Gasteiger partial charge in [-0.1, -0.05) is 6.92 Å². The van der Waals surface area contributed by atoms with Gasteiger partial charge in [0.25, 0.3) is 0 Å². The summed E-state index contributed by atoms with van der Waals surface area (Å²) in [4.78, 5) is 14.3. The van der Waals surface area contributed by atoms with E-state index in [1.54, 1.807) is 0 Å². The molecule has 3 rings (SSSR count). The van der Waals surface area contributed by atoms with Gasteiger partial charge in [-0.2, -0.15) is 0 Å². The van der Waals surface area contributed by atoms with E-state index >= 15 is 0 Å². The number of hydrogen-bond donors (Lipinski definition) is 2. The lowest BCUT2D eigenvalue weighted by molar-refractivity contribution is -0.144. The molecule has 114 valence electrons. The van der Waals surface area contributed by atoms with Gasteiger partial charge >= 0.3 is 5.97 Å². The predicted molar refractivity (Wildman–Crippen MR) is 78.7 cm³/mol. The molecule has 0 aromatic rings. The number of carboxylic acid groups (broad SMARTS) is 1. The van der Waals surface area contributed by atoms with Gasteiger partial charge in [0.1, 0.15) is 5.54 Å². The van der Waals surface area contributed by atoms with Gasteiger partial charge in [0.15, 0.2) is 0 Å². The average Bonchev–Trinajstić information content (AvgIpc) is 3.32. The zero-order chi connectivity index (χ0) is 14.2. The molecule has 0 aromatic heterocycles. The van der Waals surface area contributed by atoms with E-state index in [-0.39, 0.29) is 0 Å². The summed E-state index contributed by atoms with van der Waals surface area (Å²) in [5, 5.41) is 12.9. The third-order valence-electron chi connectivity index (χ3n) is 5.31. The lowest BCUT2D eigenvalue weighted by Crippen LogP contribution is -2.51. The van der Waals surface area contributed by atoms with E-state index in [1.165, 1.54) is 38.8 Å². The molecule has 3 fully saturated rings. The van der Waals surface area contributed by atoms with Crippen molar-refractivity contribution in [1.29, 1.82) is 0 Å². The van der Waals surface area contributed by atoms with Crippen molar-refractivity contribution in [2.75, 3.05) is 19.6 Å². The first-order chi connectivity index (χ1) is 9.63. The third-order valence-corrected chi connectivity index (χ3v) is 5.31. The zero-order valence-electron chi connectivity index (χ0n) is 12.6. The standard InChI is InChI=1S/C16H28N2O2/c1-2-17-16(15(19)20)8-7-14(9-16)18(10-12-3-4-12)11-13-5-6-13/h12-14,17H,2-11H2,1H3,(H,19,20). The Morgan fingerprint density at radius 3 is 2.25 bits per heavy atom. The van der Waals surface area contributed by atoms with Gasteiger partial charge in [-0.15, -0.1) is 0 Å². The van der Waals surface area contributed by atoms with Gasteiger partial charge in [-0.05, 0) is 63.3 Å². The number of aliphatic carboxylic acids is 1. The Balaban J connectivity index is 1.63. The molecule has 0 aromatic carbocycles. The summed E-state index contributed by atoms with van der Waals surface area (Å²) in [5.74, 6) is 1.14. The highest BCUT2D eigenvalue weighted by molar-refractivity contribution is 5.79. The highest BCUT2D eigenvalue weighted by atomic mass is 16.4. The molecular formula is C16H28N2O2. The fourth-order valence-corrected chi connectivity index (χ4v) is 3.74. The lowest BCUT2D eigenvalue weighted by atomic mass is 9.97. The molecule has 0 heterocycles. The van der Waals surface area contributed by atoms with E-state index in [1.807, 2.05) is 6.92 Å². The molecule has 3 saturated carbocycles. The first kappa shape index (κ1) is 14.3. The first-order valence-corrected chi connectivity index (χ1v) is 8.35. The Morgan fingerprint density at radius 1 is 1.20 bits per heavy atom. The molecule has 0 aliphatic heterocycles. The van der Waals surface area contributed by atoms with Crippen LogP contribution in [0.25, 0.3) is 0 Å². The van der Waals surface area contributed by atoms with Crippen molar-refractivity contribution in [3.8, 4) is 0 Å². The van der Waals surface area contributed by atoms with Crippen molar-refractivity contribution in [2.45, 2.75) is 63.5 Å². The molecule has 2 atom stereocenters. The largest absolute Gasteiger partial charge is 0.480 e. The maximum Gasteiger partial charge on any atom is 0.323 e. The van der Waals surface area contributed by atoms with Gasteiger partial charge in [-0.3, -0.25) is 9.69 Å². The van der Waals surface area contributed by atoms with Crippen LogP contribution in [0.5, 0.6) is 0 Å². The number of rotatable bonds is 8. The number of carbonyl (C=O) groups is 1. The molecule has 2 unspecified atom stereocenters. The topological polar surface area (TPSA) is 52.6 Å². The lowest BCUT2D eigenvalue weighted by Gasteiger charge is -2.31. The van der Waals surface area contributed by atoms with Crippen LogP contribution in [0.3, 0.4) is 0 Å². The van der Waals surface area contributed by atoms with Gasteiger partial charge in [0.2, 0.25) is 0 Å². The van der Waals surface area contributed by atoms with Crippen molar-refractivity contribution < 1.29 is 9.90 Å². The molecule has 3 aliphatic carbocycles. The summed E-state index contributed by atoms with van der Waals surface area (Å²) in [5.41, 5.74) is -0.662. The molecule has 4 heteroatoms. The van der Waals surface area contributed by atoms with Crippen LogP contribution < -0.4 is 5.32 Å². The van der Waals surface area contributed by atoms with Crippen molar-refractivity contribution in [3.05, 3.63) is 0 Å². The summed E-state index contributed by atoms with van der Waals surface area (Å²) >= 11 is 0. The third kappa shape index (κ3) is 3.17. The second-order valence-corrected chi connectivity index (χ2v) is 7.15. The smallest absolute Gasteiger partial charge is 0.323 e. The summed E-state index contributed by atoms with van der Waals surface area (Å²) in [6.07, 6.45) is 8.13. The fourth-order valence-electron chi connectivity index (χ4n) is 3.74. The highest BCUT2D eigenvalue weighted by Crippen LogP contribution is 2.39. The van der Waals surface area contributed by atoms with Crippen LogP contribution in [0.4, 0.5) is 0 Å². The summed E-state index contributed by atoms with van der Waals surface area (Å²) < 4.78 is 0. The molecule has 0 bridgehead atoms. The number of carboxylic acids is 1. The monoisotopic (exact) mass is 280 g/mol. The van der Waals surface area contributed by atoms with Crippen LogP contribution in [0.1, 0.15) is 51.9 Å². The van der Waals surface area contributed by atoms with Crippen LogP contribution in [0.2, 0.25) is 0 Å². The van der Waals surface area contributed by atoms with E-state index in [2.05, 4.69) is 10.2 Å². The Morgan fingerprint density at radius 2 is 1.80 bits per heavy atom. The van der Waals surface area contributed by atoms with E-state index in [4.69, 9.17) is 0 Å². The maximum atomic E-state index is 11.7. The van der Waals surface area contributed by atoms with Gasteiger partial charge in [0, 0.05) is 19.1 Å².